The van der Waals surface area contributed by atoms with Crippen LogP contribution in [0.4, 0.5) is 0 Å². The first-order valence-electron chi connectivity index (χ1n) is 17.1. The van der Waals surface area contributed by atoms with E-state index in [1.165, 1.54) is 78.9 Å². The average Bonchev–Trinajstić information content (AvgIpc) is 3.89. The van der Waals surface area contributed by atoms with Crippen molar-refractivity contribution < 1.29 is 72.5 Å². The number of carbonyl (C=O) groups is 6. The van der Waals surface area contributed by atoms with Gasteiger partial charge in [-0.25, -0.2) is 14.4 Å². The number of hydrogen-bond acceptors (Lipinski definition) is 15. The van der Waals surface area contributed by atoms with Crippen LogP contribution in [0.5, 0.6) is 0 Å². The monoisotopic (exact) mass is 829 g/mol. The molecule has 3 fully saturated rings. The number of hydrogen-bond donors (Lipinski definition) is 4. The van der Waals surface area contributed by atoms with Gasteiger partial charge in [-0.3, -0.25) is 14.4 Å². The Bertz CT molecular complexity index is 1260. The van der Waals surface area contributed by atoms with E-state index in [1.807, 2.05) is 0 Å². The highest BCUT2D eigenvalue weighted by Gasteiger charge is 2.53. The highest BCUT2D eigenvalue weighted by Crippen LogP contribution is 2.36. The summed E-state index contributed by atoms with van der Waals surface area (Å²) in [6.07, 6.45) is 0.202. The van der Waals surface area contributed by atoms with Crippen molar-refractivity contribution in [3.63, 3.8) is 0 Å². The van der Waals surface area contributed by atoms with E-state index < -0.39 is 65.2 Å². The molecule has 0 saturated carbocycles. The van der Waals surface area contributed by atoms with Crippen molar-refractivity contribution in [2.45, 2.75) is 75.5 Å². The molecule has 0 unspecified atom stereocenters. The normalized spacial score (nSPS) is 24.3. The highest BCUT2D eigenvalue weighted by molar-refractivity contribution is 8.76. The third-order valence-electron chi connectivity index (χ3n) is 10.1. The van der Waals surface area contributed by atoms with E-state index in [0.29, 0.717) is 17.3 Å². The highest BCUT2D eigenvalue weighted by atomic mass is 33.1. The maximum absolute atomic E-state index is 13.0. The Morgan fingerprint density at radius 3 is 1.00 bits per heavy atom. The number of thiol groups is 1. The number of carboxylic acid groups (broad SMARTS) is 3. The molecule has 310 valence electrons. The quantitative estimate of drug-likeness (QED) is 0.0659. The SMILES string of the molecule is COC1(OC)C[C@@H](C(=O)O)N(C(=O)[C@H](C)CS)C1.COC1(OC)C[C@@H](C(=O)O)N(C(=O)[C@H](C)CSSC[C@@H](C)C(=O)N2CC(OC)(OC)C[C@H]2C(=O)O)C1. The van der Waals surface area contributed by atoms with Gasteiger partial charge in [-0.05, 0) is 0 Å². The lowest BCUT2D eigenvalue weighted by Crippen LogP contribution is -2.45. The number of amides is 3. The molecule has 3 heterocycles. The number of methoxy groups -OCH3 is 6. The molecular weight excluding hydrogens is 775 g/mol. The van der Waals surface area contributed by atoms with Crippen molar-refractivity contribution >= 4 is 69.8 Å². The van der Waals surface area contributed by atoms with E-state index in [9.17, 15) is 44.1 Å². The van der Waals surface area contributed by atoms with Crippen LogP contribution in [0.15, 0.2) is 0 Å². The molecule has 3 aliphatic heterocycles. The van der Waals surface area contributed by atoms with E-state index in [-0.39, 0.29) is 62.5 Å². The molecule has 3 rings (SSSR count). The van der Waals surface area contributed by atoms with Crippen LogP contribution in [0, 0.1) is 17.8 Å². The molecule has 0 bridgehead atoms. The van der Waals surface area contributed by atoms with E-state index in [1.54, 1.807) is 20.8 Å². The van der Waals surface area contributed by atoms with E-state index in [4.69, 9.17) is 28.4 Å². The van der Waals surface area contributed by atoms with Crippen molar-refractivity contribution in [2.24, 2.45) is 17.8 Å². The zero-order valence-corrected chi connectivity index (χ0v) is 34.7. The van der Waals surface area contributed by atoms with Crippen molar-refractivity contribution in [1.29, 1.82) is 0 Å². The topological polar surface area (TPSA) is 228 Å². The molecule has 0 spiro atoms. The summed E-state index contributed by atoms with van der Waals surface area (Å²) in [4.78, 5) is 76.6. The molecule has 21 heteroatoms. The molecule has 3 N–H and O–H groups in total. The summed E-state index contributed by atoms with van der Waals surface area (Å²) in [7, 11) is 11.3. The van der Waals surface area contributed by atoms with Crippen molar-refractivity contribution in [3.05, 3.63) is 0 Å². The smallest absolute Gasteiger partial charge is 0.326 e. The molecule has 0 aliphatic carbocycles. The molecule has 18 nitrogen and oxygen atoms in total. The lowest BCUT2D eigenvalue weighted by atomic mass is 10.1. The van der Waals surface area contributed by atoms with Crippen LogP contribution in [0.3, 0.4) is 0 Å². The van der Waals surface area contributed by atoms with Crippen LogP contribution in [0.2, 0.25) is 0 Å². The number of ether oxygens (including phenoxy) is 6. The zero-order valence-electron chi connectivity index (χ0n) is 32.2. The van der Waals surface area contributed by atoms with Gasteiger partial charge in [0.05, 0.1) is 19.6 Å². The molecule has 3 aliphatic rings. The standard InChI is InChI=1S/C22H36N2O10S2.C11H19NO5S/c1-13(17(25)23-11-21(31-3,32-4)7-15(23)19(27)28)9-35-36-10-14(2)18(26)24-12-22(33-5,34-6)8-16(24)20(29)30;1-7(5-18)9(13)12-6-11(16-2,17-3)4-8(12)10(14)15/h13-16H,7-12H2,1-6H3,(H,27,28)(H,29,30);7-8,18H,4-6H2,1-3H3,(H,14,15)/t13-,14-,15+,16+;7-,8+/m11/s1. The summed E-state index contributed by atoms with van der Waals surface area (Å²) in [5.74, 6) is -7.59. The van der Waals surface area contributed by atoms with Gasteiger partial charge in [0.15, 0.2) is 17.4 Å². The van der Waals surface area contributed by atoms with Gasteiger partial charge in [0.2, 0.25) is 17.7 Å². The predicted molar refractivity (Wildman–Crippen MR) is 200 cm³/mol. The van der Waals surface area contributed by atoms with E-state index in [2.05, 4.69) is 12.6 Å². The summed E-state index contributed by atoms with van der Waals surface area (Å²) in [6.45, 7) is 5.32. The number of nitrogens with zero attached hydrogens (tertiary/aromatic N) is 3. The largest absolute Gasteiger partial charge is 0.480 e. The first kappa shape index (κ1) is 47.8. The fourth-order valence-corrected chi connectivity index (χ4v) is 9.23. The first-order valence-corrected chi connectivity index (χ1v) is 20.2. The minimum atomic E-state index is -1.15. The van der Waals surface area contributed by atoms with Crippen molar-refractivity contribution in [1.82, 2.24) is 14.7 Å². The summed E-state index contributed by atoms with van der Waals surface area (Å²) >= 11 is 4.06. The third-order valence-corrected chi connectivity index (χ3v) is 13.4. The van der Waals surface area contributed by atoms with Gasteiger partial charge in [-0.15, -0.1) is 0 Å². The molecular formula is C33H55N3O15S3. The first-order chi connectivity index (χ1) is 25.3. The second kappa shape index (κ2) is 20.7. The molecule has 0 aromatic heterocycles. The lowest BCUT2D eigenvalue weighted by molar-refractivity contribution is -0.197. The maximum atomic E-state index is 13.0. The fraction of sp³-hybridized carbons (Fsp3) is 0.818. The van der Waals surface area contributed by atoms with Gasteiger partial charge in [0.25, 0.3) is 0 Å². The molecule has 3 amide bonds. The number of carboxylic acids is 3. The average molecular weight is 830 g/mol. The van der Waals surface area contributed by atoms with E-state index in [0.717, 1.165) is 0 Å². The van der Waals surface area contributed by atoms with Crippen molar-refractivity contribution in [2.75, 3.05) is 79.6 Å². The second-order valence-corrected chi connectivity index (χ2v) is 16.4. The molecule has 0 radical (unpaired) electrons. The van der Waals surface area contributed by atoms with Gasteiger partial charge in [0.1, 0.15) is 18.1 Å². The Hall–Kier alpha value is -2.37. The lowest BCUT2D eigenvalue weighted by Gasteiger charge is -2.27. The van der Waals surface area contributed by atoms with Gasteiger partial charge in [-0.2, -0.15) is 12.6 Å². The second-order valence-electron chi connectivity index (χ2n) is 13.5. The Labute approximate surface area is 329 Å². The summed E-state index contributed by atoms with van der Waals surface area (Å²) < 4.78 is 31.8. The van der Waals surface area contributed by atoms with Crippen LogP contribution in [0.1, 0.15) is 40.0 Å². The molecule has 0 aromatic rings. The fourth-order valence-electron chi connectivity index (χ4n) is 6.38. The van der Waals surface area contributed by atoms with Crippen LogP contribution >= 0.6 is 34.2 Å². The third kappa shape index (κ3) is 11.1. The number of aliphatic carboxylic acids is 3. The Morgan fingerprint density at radius 2 is 0.796 bits per heavy atom. The summed E-state index contributed by atoms with van der Waals surface area (Å²) in [5, 5.41) is 28.3. The Kier molecular flexibility index (Phi) is 18.3. The van der Waals surface area contributed by atoms with Crippen LogP contribution in [-0.4, -0.2) is 181 Å². The molecule has 3 saturated heterocycles. The zero-order chi connectivity index (χ0) is 41.2. The van der Waals surface area contributed by atoms with Gasteiger partial charge >= 0.3 is 17.9 Å². The van der Waals surface area contributed by atoms with Gasteiger partial charge < -0.3 is 58.4 Å². The van der Waals surface area contributed by atoms with Crippen molar-refractivity contribution in [3.8, 4) is 0 Å². The summed E-state index contributed by atoms with van der Waals surface area (Å²) in [6, 6.07) is -2.99. The number of rotatable bonds is 18. The molecule has 54 heavy (non-hydrogen) atoms. The Morgan fingerprint density at radius 1 is 0.556 bits per heavy atom. The number of carbonyl (C=O) groups excluding carboxylic acids is 3. The minimum absolute atomic E-state index is 0.0223. The van der Waals surface area contributed by atoms with Gasteiger partial charge in [-0.1, -0.05) is 42.4 Å². The molecule has 0 aromatic carbocycles. The Balaban J connectivity index is 0.000000469. The minimum Gasteiger partial charge on any atom is -0.480 e. The number of likely N-dealkylation sites (tertiary alicyclic amines) is 3. The van der Waals surface area contributed by atoms with Crippen LogP contribution in [-0.2, 0) is 57.2 Å². The van der Waals surface area contributed by atoms with Crippen LogP contribution in [0.25, 0.3) is 0 Å². The summed E-state index contributed by atoms with van der Waals surface area (Å²) in [5.41, 5.74) is 0. The van der Waals surface area contributed by atoms with E-state index >= 15 is 0 Å². The van der Waals surface area contributed by atoms with Gasteiger partial charge in [0, 0.05) is 96.9 Å². The molecule has 6 atom stereocenters. The maximum Gasteiger partial charge on any atom is 0.326 e. The van der Waals surface area contributed by atoms with Crippen LogP contribution < -0.4 is 0 Å². The predicted octanol–water partition coefficient (Wildman–Crippen LogP) is 1.22.